The van der Waals surface area contributed by atoms with Crippen molar-refractivity contribution in [3.8, 4) is 0 Å². The molecule has 3 atom stereocenters. The largest absolute Gasteiger partial charge is 0.371 e. The summed E-state index contributed by atoms with van der Waals surface area (Å²) in [7, 11) is 0. The number of epoxide rings is 2. The van der Waals surface area contributed by atoms with Gasteiger partial charge in [-0.2, -0.15) is 0 Å². The summed E-state index contributed by atoms with van der Waals surface area (Å²) < 4.78 is 10.8. The third kappa shape index (κ3) is 2.36. The first-order valence-electron chi connectivity index (χ1n) is 5.90. The molecule has 2 heterocycles. The number of rotatable bonds is 5. The average molecular weight is 219 g/mol. The molecule has 0 aromatic heterocycles. The Morgan fingerprint density at radius 1 is 1.25 bits per heavy atom. The maximum Gasteiger partial charge on any atom is 0.101 e. The lowest BCUT2D eigenvalue weighted by Gasteiger charge is -2.23. The van der Waals surface area contributed by atoms with Gasteiger partial charge in [0, 0.05) is 18.8 Å². The molecule has 0 saturated carbocycles. The van der Waals surface area contributed by atoms with E-state index in [9.17, 15) is 0 Å². The van der Waals surface area contributed by atoms with Crippen LogP contribution in [-0.2, 0) is 9.47 Å². The molecule has 3 rings (SSSR count). The fourth-order valence-electron chi connectivity index (χ4n) is 1.98. The van der Waals surface area contributed by atoms with E-state index in [1.807, 2.05) is 6.07 Å². The molecule has 2 saturated heterocycles. The zero-order valence-electron chi connectivity index (χ0n) is 9.50. The van der Waals surface area contributed by atoms with Crippen LogP contribution >= 0.6 is 0 Å². The van der Waals surface area contributed by atoms with Crippen molar-refractivity contribution in [3.63, 3.8) is 0 Å². The van der Waals surface area contributed by atoms with Crippen molar-refractivity contribution in [1.29, 1.82) is 0 Å². The Hall–Kier alpha value is -1.06. The summed E-state index contributed by atoms with van der Waals surface area (Å²) in [5.74, 6) is 0. The van der Waals surface area contributed by atoms with Crippen LogP contribution in [0.25, 0.3) is 0 Å². The van der Waals surface area contributed by atoms with Crippen molar-refractivity contribution < 1.29 is 9.47 Å². The maximum atomic E-state index is 5.49. The smallest absolute Gasteiger partial charge is 0.101 e. The van der Waals surface area contributed by atoms with Gasteiger partial charge in [0.2, 0.25) is 0 Å². The minimum atomic E-state index is 0.402. The maximum absolute atomic E-state index is 5.49. The highest BCUT2D eigenvalue weighted by molar-refractivity contribution is 5.46. The molecule has 0 aliphatic carbocycles. The van der Waals surface area contributed by atoms with Crippen molar-refractivity contribution in [2.45, 2.75) is 25.2 Å². The Balaban J connectivity index is 1.67. The Morgan fingerprint density at radius 3 is 2.50 bits per heavy atom. The molecule has 1 aromatic carbocycles. The summed E-state index contributed by atoms with van der Waals surface area (Å²) in [6.07, 6.45) is 1.25. The van der Waals surface area contributed by atoms with E-state index in [-0.39, 0.29) is 0 Å². The van der Waals surface area contributed by atoms with Gasteiger partial charge in [-0.3, -0.25) is 0 Å². The topological polar surface area (TPSA) is 28.3 Å². The van der Waals surface area contributed by atoms with E-state index in [1.165, 1.54) is 5.69 Å². The SMILES string of the molecule is CC1OC1CN(CC1CO1)c1ccccc1. The number of ether oxygens (including phenoxy) is 2. The first-order valence-corrected chi connectivity index (χ1v) is 5.90. The van der Waals surface area contributed by atoms with Crippen LogP contribution in [0.3, 0.4) is 0 Å². The lowest BCUT2D eigenvalue weighted by Crippen LogP contribution is -2.31. The van der Waals surface area contributed by atoms with E-state index >= 15 is 0 Å². The van der Waals surface area contributed by atoms with Gasteiger partial charge >= 0.3 is 0 Å². The molecule has 3 nitrogen and oxygen atoms in total. The van der Waals surface area contributed by atoms with Crippen LogP contribution in [0.15, 0.2) is 30.3 Å². The molecule has 2 fully saturated rings. The summed E-state index contributed by atoms with van der Waals surface area (Å²) in [5, 5.41) is 0. The van der Waals surface area contributed by atoms with E-state index in [2.05, 4.69) is 36.1 Å². The second-order valence-corrected chi connectivity index (χ2v) is 4.58. The van der Waals surface area contributed by atoms with Gasteiger partial charge < -0.3 is 14.4 Å². The Labute approximate surface area is 96.0 Å². The third-order valence-corrected chi connectivity index (χ3v) is 3.18. The van der Waals surface area contributed by atoms with Crippen molar-refractivity contribution in [3.05, 3.63) is 30.3 Å². The summed E-state index contributed by atoms with van der Waals surface area (Å²) in [6, 6.07) is 10.5. The molecule has 0 amide bonds. The zero-order chi connectivity index (χ0) is 11.0. The highest BCUT2D eigenvalue weighted by Gasteiger charge is 2.37. The van der Waals surface area contributed by atoms with Gasteiger partial charge in [0.15, 0.2) is 0 Å². The van der Waals surface area contributed by atoms with Gasteiger partial charge in [-0.1, -0.05) is 18.2 Å². The summed E-state index contributed by atoms with van der Waals surface area (Å²) in [5.41, 5.74) is 1.26. The molecule has 0 bridgehead atoms. The predicted octanol–water partition coefficient (Wildman–Crippen LogP) is 1.68. The van der Waals surface area contributed by atoms with E-state index in [1.54, 1.807) is 0 Å². The van der Waals surface area contributed by atoms with E-state index in [0.29, 0.717) is 18.3 Å². The van der Waals surface area contributed by atoms with Crippen LogP contribution in [0.2, 0.25) is 0 Å². The van der Waals surface area contributed by atoms with Crippen molar-refractivity contribution in [2.75, 3.05) is 24.6 Å². The second kappa shape index (κ2) is 4.07. The lowest BCUT2D eigenvalue weighted by molar-refractivity contribution is 0.372. The van der Waals surface area contributed by atoms with Crippen LogP contribution in [0.5, 0.6) is 0 Å². The lowest BCUT2D eigenvalue weighted by atomic mass is 10.2. The monoisotopic (exact) mass is 219 g/mol. The van der Waals surface area contributed by atoms with Gasteiger partial charge in [-0.25, -0.2) is 0 Å². The van der Waals surface area contributed by atoms with Gasteiger partial charge in [0.05, 0.1) is 18.8 Å². The van der Waals surface area contributed by atoms with Crippen LogP contribution in [-0.4, -0.2) is 38.0 Å². The average Bonchev–Trinajstić information content (AvgIpc) is 3.20. The number of para-hydroxylation sites is 1. The summed E-state index contributed by atoms with van der Waals surface area (Å²) in [6.45, 7) is 4.99. The van der Waals surface area contributed by atoms with Crippen molar-refractivity contribution in [1.82, 2.24) is 0 Å². The fourth-order valence-corrected chi connectivity index (χ4v) is 1.98. The van der Waals surface area contributed by atoms with Crippen LogP contribution in [0, 0.1) is 0 Å². The van der Waals surface area contributed by atoms with E-state index in [4.69, 9.17) is 9.47 Å². The molecule has 3 unspecified atom stereocenters. The van der Waals surface area contributed by atoms with Gasteiger partial charge in [0.25, 0.3) is 0 Å². The number of anilines is 1. The molecule has 2 aliphatic rings. The Morgan fingerprint density at radius 2 is 1.94 bits per heavy atom. The van der Waals surface area contributed by atoms with Gasteiger partial charge in [0.1, 0.15) is 6.10 Å². The number of benzene rings is 1. The Bertz CT molecular complexity index is 350. The normalized spacial score (nSPS) is 31.2. The molecular weight excluding hydrogens is 202 g/mol. The molecule has 1 aromatic rings. The molecule has 0 radical (unpaired) electrons. The molecule has 86 valence electrons. The minimum Gasteiger partial charge on any atom is -0.371 e. The van der Waals surface area contributed by atoms with Crippen LogP contribution < -0.4 is 4.90 Å². The molecule has 0 spiro atoms. The molecule has 16 heavy (non-hydrogen) atoms. The number of hydrogen-bond donors (Lipinski definition) is 0. The Kier molecular flexibility index (Phi) is 2.58. The molecule has 3 heteroatoms. The molecule has 2 aliphatic heterocycles. The minimum absolute atomic E-state index is 0.402. The third-order valence-electron chi connectivity index (χ3n) is 3.18. The summed E-state index contributed by atoms with van der Waals surface area (Å²) >= 11 is 0. The fraction of sp³-hybridized carbons (Fsp3) is 0.538. The van der Waals surface area contributed by atoms with Gasteiger partial charge in [-0.05, 0) is 19.1 Å². The highest BCUT2D eigenvalue weighted by atomic mass is 16.6. The molecular formula is C13H17NO2. The summed E-state index contributed by atoms with van der Waals surface area (Å²) in [4.78, 5) is 2.37. The molecule has 0 N–H and O–H groups in total. The van der Waals surface area contributed by atoms with Crippen LogP contribution in [0.1, 0.15) is 6.92 Å². The van der Waals surface area contributed by atoms with E-state index in [0.717, 1.165) is 19.7 Å². The quantitative estimate of drug-likeness (QED) is 0.705. The predicted molar refractivity (Wildman–Crippen MR) is 62.7 cm³/mol. The van der Waals surface area contributed by atoms with Crippen molar-refractivity contribution in [2.24, 2.45) is 0 Å². The van der Waals surface area contributed by atoms with E-state index < -0.39 is 0 Å². The van der Waals surface area contributed by atoms with Crippen molar-refractivity contribution >= 4 is 5.69 Å². The van der Waals surface area contributed by atoms with Gasteiger partial charge in [-0.15, -0.1) is 0 Å². The first kappa shape index (κ1) is 10.1. The standard InChI is InChI=1S/C13H17NO2/c1-10-13(16-10)8-14(7-12-9-15-12)11-5-3-2-4-6-11/h2-6,10,12-13H,7-9H2,1H3. The second-order valence-electron chi connectivity index (χ2n) is 4.58. The van der Waals surface area contributed by atoms with Crippen LogP contribution in [0.4, 0.5) is 5.69 Å². The first-order chi connectivity index (χ1) is 7.83. The number of hydrogen-bond acceptors (Lipinski definition) is 3. The highest BCUT2D eigenvalue weighted by Crippen LogP contribution is 2.26. The number of nitrogens with zero attached hydrogens (tertiary/aromatic N) is 1. The zero-order valence-corrected chi connectivity index (χ0v) is 9.50.